The first-order chi connectivity index (χ1) is 7.69. The van der Waals surface area contributed by atoms with Crippen LogP contribution in [0.2, 0.25) is 0 Å². The van der Waals surface area contributed by atoms with Crippen LogP contribution >= 0.6 is 0 Å². The van der Waals surface area contributed by atoms with E-state index in [1.165, 1.54) is 6.33 Å². The van der Waals surface area contributed by atoms with Gasteiger partial charge in [-0.1, -0.05) is 0 Å². The smallest absolute Gasteiger partial charge is 0.218 e. The van der Waals surface area contributed by atoms with E-state index in [0.29, 0.717) is 18.9 Å². The fourth-order valence-electron chi connectivity index (χ4n) is 1.24. The third-order valence-corrected chi connectivity index (χ3v) is 2.33. The lowest BCUT2D eigenvalue weighted by Crippen LogP contribution is -2.29. The normalized spacial score (nSPS) is 11.6. The lowest BCUT2D eigenvalue weighted by Gasteiger charge is -2.23. The number of nitriles is 1. The van der Waals surface area contributed by atoms with Crippen molar-refractivity contribution in [3.63, 3.8) is 0 Å². The molecule has 0 radical (unpaired) electrons. The minimum Gasteiger partial charge on any atom is -0.478 e. The van der Waals surface area contributed by atoms with E-state index in [1.807, 2.05) is 25.8 Å². The van der Waals surface area contributed by atoms with Gasteiger partial charge in [0.1, 0.15) is 12.1 Å². The Morgan fingerprint density at radius 1 is 1.56 bits per heavy atom. The van der Waals surface area contributed by atoms with E-state index in [9.17, 15) is 0 Å². The van der Waals surface area contributed by atoms with Gasteiger partial charge in [-0.15, -0.1) is 0 Å². The topological polar surface area (TPSA) is 62.0 Å². The van der Waals surface area contributed by atoms with Crippen LogP contribution in [0, 0.1) is 11.3 Å². The molecule has 1 heterocycles. The number of nitrogens with zero attached hydrogens (tertiary/aromatic N) is 4. The maximum absolute atomic E-state index is 8.64. The summed E-state index contributed by atoms with van der Waals surface area (Å²) in [6, 6.07) is 4.04. The monoisotopic (exact) mass is 220 g/mol. The molecule has 0 N–H and O–H groups in total. The molecule has 0 aliphatic heterocycles. The highest BCUT2D eigenvalue weighted by atomic mass is 16.5. The Balaban J connectivity index is 2.79. The lowest BCUT2D eigenvalue weighted by molar-refractivity contribution is 0.326. The molecule has 1 unspecified atom stereocenters. The van der Waals surface area contributed by atoms with Crippen LogP contribution in [0.3, 0.4) is 0 Å². The molecule has 5 heteroatoms. The van der Waals surface area contributed by atoms with Crippen LogP contribution in [0.15, 0.2) is 12.4 Å². The number of rotatable bonds is 5. The summed E-state index contributed by atoms with van der Waals surface area (Å²) in [5.41, 5.74) is 0. The van der Waals surface area contributed by atoms with Crippen molar-refractivity contribution >= 4 is 5.82 Å². The first-order valence-corrected chi connectivity index (χ1v) is 5.23. The molecule has 1 aromatic heterocycles. The maximum atomic E-state index is 8.64. The zero-order valence-electron chi connectivity index (χ0n) is 9.84. The molecule has 86 valence electrons. The number of anilines is 1. The number of aromatic nitrogens is 2. The van der Waals surface area contributed by atoms with E-state index >= 15 is 0 Å². The average Bonchev–Trinajstić information content (AvgIpc) is 2.29. The van der Waals surface area contributed by atoms with Crippen molar-refractivity contribution in [2.45, 2.75) is 26.3 Å². The van der Waals surface area contributed by atoms with Crippen LogP contribution in [0.25, 0.3) is 0 Å². The Morgan fingerprint density at radius 3 is 2.94 bits per heavy atom. The molecule has 0 spiro atoms. The molecule has 0 aliphatic carbocycles. The average molecular weight is 220 g/mol. The zero-order valence-corrected chi connectivity index (χ0v) is 9.84. The van der Waals surface area contributed by atoms with Gasteiger partial charge in [-0.05, 0) is 13.8 Å². The predicted molar refractivity (Wildman–Crippen MR) is 61.3 cm³/mol. The summed E-state index contributed by atoms with van der Waals surface area (Å²) >= 11 is 0. The molecule has 0 bridgehead atoms. The SMILES string of the molecule is CCOc1cc(N(C)C(C)CC#N)ncn1. The van der Waals surface area contributed by atoms with Gasteiger partial charge in [0.25, 0.3) is 0 Å². The summed E-state index contributed by atoms with van der Waals surface area (Å²) in [4.78, 5) is 10.1. The Bertz CT molecular complexity index is 374. The van der Waals surface area contributed by atoms with E-state index < -0.39 is 0 Å². The third-order valence-electron chi connectivity index (χ3n) is 2.33. The van der Waals surface area contributed by atoms with Crippen LogP contribution in [-0.4, -0.2) is 29.7 Å². The first kappa shape index (κ1) is 12.2. The van der Waals surface area contributed by atoms with Crippen molar-refractivity contribution < 1.29 is 4.74 Å². The highest BCUT2D eigenvalue weighted by Gasteiger charge is 2.11. The molecule has 16 heavy (non-hydrogen) atoms. The van der Waals surface area contributed by atoms with E-state index in [2.05, 4.69) is 16.0 Å². The van der Waals surface area contributed by atoms with Crippen molar-refractivity contribution in [1.82, 2.24) is 9.97 Å². The molecule has 1 atom stereocenters. The van der Waals surface area contributed by atoms with Gasteiger partial charge in [-0.25, -0.2) is 9.97 Å². The van der Waals surface area contributed by atoms with Crippen molar-refractivity contribution in [2.24, 2.45) is 0 Å². The highest BCUT2D eigenvalue weighted by Crippen LogP contribution is 2.17. The summed E-state index contributed by atoms with van der Waals surface area (Å²) in [7, 11) is 1.90. The van der Waals surface area contributed by atoms with Crippen LogP contribution in [0.5, 0.6) is 5.88 Å². The van der Waals surface area contributed by atoms with Crippen molar-refractivity contribution in [1.29, 1.82) is 5.26 Å². The van der Waals surface area contributed by atoms with Gasteiger partial charge in [0.05, 0.1) is 19.1 Å². The fourth-order valence-corrected chi connectivity index (χ4v) is 1.24. The van der Waals surface area contributed by atoms with E-state index in [1.54, 1.807) is 6.07 Å². The molecular formula is C11H16N4O. The minimum atomic E-state index is 0.120. The molecule has 1 aromatic rings. The second kappa shape index (κ2) is 5.91. The summed E-state index contributed by atoms with van der Waals surface area (Å²) in [6.45, 7) is 4.46. The van der Waals surface area contributed by atoms with Crippen LogP contribution in [-0.2, 0) is 0 Å². The molecule has 0 amide bonds. The molecule has 5 nitrogen and oxygen atoms in total. The molecule has 0 fully saturated rings. The van der Waals surface area contributed by atoms with Gasteiger partial charge in [-0.2, -0.15) is 5.26 Å². The first-order valence-electron chi connectivity index (χ1n) is 5.23. The largest absolute Gasteiger partial charge is 0.478 e. The quantitative estimate of drug-likeness (QED) is 0.754. The van der Waals surface area contributed by atoms with Crippen molar-refractivity contribution in [3.05, 3.63) is 12.4 Å². The lowest BCUT2D eigenvalue weighted by atomic mass is 10.2. The van der Waals surface area contributed by atoms with Crippen LogP contribution in [0.1, 0.15) is 20.3 Å². The van der Waals surface area contributed by atoms with Gasteiger partial charge in [0, 0.05) is 19.2 Å². The zero-order chi connectivity index (χ0) is 12.0. The second-order valence-corrected chi connectivity index (χ2v) is 3.47. The number of ether oxygens (including phenoxy) is 1. The van der Waals surface area contributed by atoms with Gasteiger partial charge in [0.2, 0.25) is 5.88 Å². The summed E-state index contributed by atoms with van der Waals surface area (Å²) in [5.74, 6) is 1.32. The molecule has 0 saturated heterocycles. The second-order valence-electron chi connectivity index (χ2n) is 3.47. The summed E-state index contributed by atoms with van der Waals surface area (Å²) in [5, 5.41) is 8.64. The summed E-state index contributed by atoms with van der Waals surface area (Å²) in [6.07, 6.45) is 1.93. The number of hydrogen-bond donors (Lipinski definition) is 0. The third kappa shape index (κ3) is 3.09. The van der Waals surface area contributed by atoms with E-state index in [0.717, 1.165) is 5.82 Å². The van der Waals surface area contributed by atoms with E-state index in [4.69, 9.17) is 10.00 Å². The Hall–Kier alpha value is -1.83. The van der Waals surface area contributed by atoms with E-state index in [-0.39, 0.29) is 6.04 Å². The maximum Gasteiger partial charge on any atom is 0.218 e. The van der Waals surface area contributed by atoms with Crippen molar-refractivity contribution in [3.8, 4) is 11.9 Å². The molecule has 0 aromatic carbocycles. The molecule has 1 rings (SSSR count). The Morgan fingerprint density at radius 2 is 2.31 bits per heavy atom. The summed E-state index contributed by atoms with van der Waals surface area (Å²) < 4.78 is 5.29. The van der Waals surface area contributed by atoms with Gasteiger partial charge < -0.3 is 9.64 Å². The van der Waals surface area contributed by atoms with Gasteiger partial charge >= 0.3 is 0 Å². The van der Waals surface area contributed by atoms with Gasteiger partial charge in [-0.3, -0.25) is 0 Å². The predicted octanol–water partition coefficient (Wildman–Crippen LogP) is 1.61. The standard InChI is InChI=1S/C11H16N4O/c1-4-16-11-7-10(13-8-14-11)15(3)9(2)5-6-12/h7-9H,4-5H2,1-3H3. The van der Waals surface area contributed by atoms with Crippen LogP contribution < -0.4 is 9.64 Å². The van der Waals surface area contributed by atoms with Crippen molar-refractivity contribution in [2.75, 3.05) is 18.6 Å². The minimum absolute atomic E-state index is 0.120. The molecular weight excluding hydrogens is 204 g/mol. The van der Waals surface area contributed by atoms with Gasteiger partial charge in [0.15, 0.2) is 0 Å². The Kier molecular flexibility index (Phi) is 4.52. The Labute approximate surface area is 95.7 Å². The molecule has 0 aliphatic rings. The fraction of sp³-hybridized carbons (Fsp3) is 0.545. The van der Waals surface area contributed by atoms with Crippen LogP contribution in [0.4, 0.5) is 5.82 Å². The highest BCUT2D eigenvalue weighted by molar-refractivity contribution is 5.40. The number of hydrogen-bond acceptors (Lipinski definition) is 5. The molecule has 0 saturated carbocycles.